The Morgan fingerprint density at radius 1 is 0.875 bits per heavy atom. The molecular weight excluding hydrogens is 216 g/mol. The average Bonchev–Trinajstić information content (AvgIpc) is 2.31. The van der Waals surface area contributed by atoms with Crippen molar-refractivity contribution in [3.63, 3.8) is 0 Å². The minimum Gasteiger partial charge on any atom is -0.0840 e. The third kappa shape index (κ3) is 2.28. The summed E-state index contributed by atoms with van der Waals surface area (Å²) in [7, 11) is 0. The fourth-order valence-corrected chi connectivity index (χ4v) is 2.06. The van der Waals surface area contributed by atoms with Gasteiger partial charge in [0.2, 0.25) is 0 Å². The molecule has 2 aromatic carbocycles. The maximum absolute atomic E-state index is 6.09. The van der Waals surface area contributed by atoms with E-state index in [-0.39, 0.29) is 0 Å². The molecule has 0 bridgehead atoms. The van der Waals surface area contributed by atoms with Crippen LogP contribution in [0.25, 0.3) is 0 Å². The van der Waals surface area contributed by atoms with E-state index in [9.17, 15) is 0 Å². The number of hydrogen-bond donors (Lipinski definition) is 0. The summed E-state index contributed by atoms with van der Waals surface area (Å²) < 4.78 is 0. The van der Waals surface area contributed by atoms with Gasteiger partial charge in [-0.3, -0.25) is 0 Å². The van der Waals surface area contributed by atoms with Crippen LogP contribution in [0.2, 0.25) is 5.02 Å². The number of rotatable bonds is 2. The van der Waals surface area contributed by atoms with Gasteiger partial charge in [-0.05, 0) is 48.6 Å². The Bertz CT molecular complexity index is 486. The van der Waals surface area contributed by atoms with E-state index in [1.807, 2.05) is 12.1 Å². The van der Waals surface area contributed by atoms with Gasteiger partial charge in [0.1, 0.15) is 0 Å². The molecule has 0 N–H and O–H groups in total. The zero-order valence-corrected chi connectivity index (χ0v) is 10.4. The second-order valence-electron chi connectivity index (χ2n) is 4.12. The van der Waals surface area contributed by atoms with Gasteiger partial charge in [0.05, 0.1) is 0 Å². The summed E-state index contributed by atoms with van der Waals surface area (Å²) in [5, 5.41) is 0.856. The lowest BCUT2D eigenvalue weighted by Crippen LogP contribution is -1.94. The molecule has 1 heteroatoms. The zero-order valence-electron chi connectivity index (χ0n) is 9.63. The second-order valence-corrected chi connectivity index (χ2v) is 4.53. The average molecular weight is 231 g/mol. The van der Waals surface area contributed by atoms with Gasteiger partial charge in [-0.1, -0.05) is 48.0 Å². The monoisotopic (exact) mass is 230 g/mol. The summed E-state index contributed by atoms with van der Waals surface area (Å²) in [6, 6.07) is 14.6. The van der Waals surface area contributed by atoms with Crippen LogP contribution >= 0.6 is 11.6 Å². The molecule has 0 atom stereocenters. The van der Waals surface area contributed by atoms with Crippen LogP contribution in [-0.4, -0.2) is 0 Å². The van der Waals surface area contributed by atoms with Crippen LogP contribution in [0.3, 0.4) is 0 Å². The highest BCUT2D eigenvalue weighted by atomic mass is 35.5. The number of halogens is 1. The Morgan fingerprint density at radius 3 is 2.25 bits per heavy atom. The van der Waals surface area contributed by atoms with E-state index < -0.39 is 0 Å². The predicted molar refractivity (Wildman–Crippen MR) is 70.2 cm³/mol. The molecule has 82 valence electrons. The molecule has 0 radical (unpaired) electrons. The van der Waals surface area contributed by atoms with Gasteiger partial charge in [-0.2, -0.15) is 0 Å². The molecule has 0 unspecified atom stereocenters. The van der Waals surface area contributed by atoms with Gasteiger partial charge in [-0.25, -0.2) is 0 Å². The molecule has 0 fully saturated rings. The molecule has 0 saturated heterocycles. The number of benzene rings is 2. The highest BCUT2D eigenvalue weighted by Gasteiger charge is 2.05. The summed E-state index contributed by atoms with van der Waals surface area (Å²) in [6.07, 6.45) is 0.977. The van der Waals surface area contributed by atoms with Crippen molar-refractivity contribution in [1.29, 1.82) is 0 Å². The minimum absolute atomic E-state index is 0.856. The first kappa shape index (κ1) is 11.2. The molecule has 2 aromatic rings. The van der Waals surface area contributed by atoms with Crippen molar-refractivity contribution in [2.45, 2.75) is 20.3 Å². The zero-order chi connectivity index (χ0) is 11.5. The summed E-state index contributed by atoms with van der Waals surface area (Å²) in [5.41, 5.74) is 5.19. The fraction of sp³-hybridized carbons (Fsp3) is 0.200. The van der Waals surface area contributed by atoms with Gasteiger partial charge in [0.25, 0.3) is 0 Å². The van der Waals surface area contributed by atoms with Crippen LogP contribution < -0.4 is 0 Å². The van der Waals surface area contributed by atoms with E-state index in [1.54, 1.807) is 0 Å². The van der Waals surface area contributed by atoms with Crippen molar-refractivity contribution in [2.24, 2.45) is 0 Å². The summed E-state index contributed by atoms with van der Waals surface area (Å²) in [6.45, 7) is 4.21. The quantitative estimate of drug-likeness (QED) is 0.710. The van der Waals surface area contributed by atoms with Crippen LogP contribution in [0.4, 0.5) is 0 Å². The first-order chi connectivity index (χ1) is 7.68. The SMILES string of the molecule is Cc1c(Cl)ccc(Cc2ccccc2)c1C. The molecule has 0 aromatic heterocycles. The Balaban J connectivity index is 2.33. The van der Waals surface area contributed by atoms with E-state index in [0.29, 0.717) is 0 Å². The van der Waals surface area contributed by atoms with Crippen molar-refractivity contribution in [3.8, 4) is 0 Å². The van der Waals surface area contributed by atoms with E-state index >= 15 is 0 Å². The normalized spacial score (nSPS) is 10.4. The molecular formula is C15H15Cl. The van der Waals surface area contributed by atoms with Crippen molar-refractivity contribution in [3.05, 3.63) is 69.7 Å². The van der Waals surface area contributed by atoms with Crippen LogP contribution in [0.1, 0.15) is 22.3 Å². The number of hydrogen-bond acceptors (Lipinski definition) is 0. The molecule has 0 heterocycles. The lowest BCUT2D eigenvalue weighted by atomic mass is 9.97. The molecule has 0 spiro atoms. The Hall–Kier alpha value is -1.27. The maximum atomic E-state index is 6.09. The van der Waals surface area contributed by atoms with Gasteiger partial charge in [0.15, 0.2) is 0 Å². The smallest absolute Gasteiger partial charge is 0.0438 e. The van der Waals surface area contributed by atoms with Crippen molar-refractivity contribution in [1.82, 2.24) is 0 Å². The van der Waals surface area contributed by atoms with Crippen molar-refractivity contribution < 1.29 is 0 Å². The predicted octanol–water partition coefficient (Wildman–Crippen LogP) is 4.55. The lowest BCUT2D eigenvalue weighted by molar-refractivity contribution is 1.14. The third-order valence-electron chi connectivity index (χ3n) is 3.07. The Labute approximate surface area is 102 Å². The van der Waals surface area contributed by atoms with Crippen LogP contribution in [-0.2, 0) is 6.42 Å². The van der Waals surface area contributed by atoms with Crippen LogP contribution in [0.15, 0.2) is 42.5 Å². The standard InChI is InChI=1S/C15H15Cl/c1-11-12(2)15(16)9-8-14(11)10-13-6-4-3-5-7-13/h3-9H,10H2,1-2H3. The van der Waals surface area contributed by atoms with Gasteiger partial charge >= 0.3 is 0 Å². The maximum Gasteiger partial charge on any atom is 0.0438 e. The van der Waals surface area contributed by atoms with E-state index in [0.717, 1.165) is 11.4 Å². The summed E-state index contributed by atoms with van der Waals surface area (Å²) >= 11 is 6.09. The highest BCUT2D eigenvalue weighted by molar-refractivity contribution is 6.31. The molecule has 2 rings (SSSR count). The fourth-order valence-electron chi connectivity index (χ4n) is 1.85. The van der Waals surface area contributed by atoms with Gasteiger partial charge in [-0.15, -0.1) is 0 Å². The van der Waals surface area contributed by atoms with E-state index in [1.165, 1.54) is 22.3 Å². The molecule has 16 heavy (non-hydrogen) atoms. The molecule has 0 aliphatic carbocycles. The van der Waals surface area contributed by atoms with Gasteiger partial charge < -0.3 is 0 Å². The molecule has 0 saturated carbocycles. The largest absolute Gasteiger partial charge is 0.0840 e. The molecule has 0 nitrogen and oxygen atoms in total. The Kier molecular flexibility index (Phi) is 3.31. The summed E-state index contributed by atoms with van der Waals surface area (Å²) in [4.78, 5) is 0. The molecule has 0 aliphatic heterocycles. The van der Waals surface area contributed by atoms with Crippen LogP contribution in [0, 0.1) is 13.8 Å². The third-order valence-corrected chi connectivity index (χ3v) is 3.48. The minimum atomic E-state index is 0.856. The second kappa shape index (κ2) is 4.71. The van der Waals surface area contributed by atoms with Gasteiger partial charge in [0, 0.05) is 5.02 Å². The van der Waals surface area contributed by atoms with Crippen molar-refractivity contribution in [2.75, 3.05) is 0 Å². The first-order valence-corrected chi connectivity index (χ1v) is 5.85. The summed E-state index contributed by atoms with van der Waals surface area (Å²) in [5.74, 6) is 0. The molecule has 0 aliphatic rings. The Morgan fingerprint density at radius 2 is 1.56 bits per heavy atom. The molecule has 0 amide bonds. The highest BCUT2D eigenvalue weighted by Crippen LogP contribution is 2.23. The van der Waals surface area contributed by atoms with Crippen LogP contribution in [0.5, 0.6) is 0 Å². The lowest BCUT2D eigenvalue weighted by Gasteiger charge is -2.10. The first-order valence-electron chi connectivity index (χ1n) is 5.47. The van der Waals surface area contributed by atoms with E-state index in [4.69, 9.17) is 11.6 Å². The van der Waals surface area contributed by atoms with E-state index in [2.05, 4.69) is 44.2 Å². The van der Waals surface area contributed by atoms with Crippen molar-refractivity contribution >= 4 is 11.6 Å². The topological polar surface area (TPSA) is 0 Å².